The number of H-pyrrole nitrogens is 1. The maximum Gasteiger partial charge on any atom is 0.224 e. The van der Waals surface area contributed by atoms with Gasteiger partial charge in [-0.25, -0.2) is 9.97 Å². The average molecular weight is 373 g/mol. The largest absolute Gasteiger partial charge is 0.481 e. The lowest BCUT2D eigenvalue weighted by Crippen LogP contribution is -2.24. The number of fused-ring (bicyclic) bond motifs is 1. The van der Waals surface area contributed by atoms with E-state index in [0.29, 0.717) is 12.4 Å². The molecule has 2 N–H and O–H groups in total. The second kappa shape index (κ2) is 7.87. The number of aromatic nitrogens is 4. The maximum atomic E-state index is 12.4. The molecule has 4 heterocycles. The van der Waals surface area contributed by atoms with Crippen molar-refractivity contribution in [2.45, 2.75) is 13.0 Å². The zero-order valence-corrected chi connectivity index (χ0v) is 15.3. The highest BCUT2D eigenvalue weighted by atomic mass is 16.5. The minimum absolute atomic E-state index is 0.0544. The van der Waals surface area contributed by atoms with E-state index in [0.717, 1.165) is 33.3 Å². The molecule has 140 valence electrons. The van der Waals surface area contributed by atoms with Crippen LogP contribution in [0.4, 0.5) is 0 Å². The van der Waals surface area contributed by atoms with Crippen LogP contribution < -0.4 is 10.1 Å². The molecule has 0 bridgehead atoms. The number of pyridine rings is 3. The molecular formula is C21H19N5O2. The molecule has 0 spiro atoms. The van der Waals surface area contributed by atoms with Gasteiger partial charge in [0.25, 0.3) is 0 Å². The molecule has 28 heavy (non-hydrogen) atoms. The summed E-state index contributed by atoms with van der Waals surface area (Å²) in [4.78, 5) is 28.2. The third-order valence-corrected chi connectivity index (χ3v) is 4.46. The molecule has 0 aromatic carbocycles. The number of aromatic amines is 1. The first-order chi connectivity index (χ1) is 13.7. The summed E-state index contributed by atoms with van der Waals surface area (Å²) >= 11 is 0. The Morgan fingerprint density at radius 3 is 2.79 bits per heavy atom. The van der Waals surface area contributed by atoms with E-state index >= 15 is 0 Å². The topological polar surface area (TPSA) is 92.8 Å². The fraction of sp³-hybridized carbons (Fsp3) is 0.143. The number of carbonyl (C=O) groups is 1. The van der Waals surface area contributed by atoms with Gasteiger partial charge in [0.2, 0.25) is 11.8 Å². The molecule has 0 aliphatic rings. The second-order valence-electron chi connectivity index (χ2n) is 6.34. The minimum atomic E-state index is -0.0544. The van der Waals surface area contributed by atoms with Crippen molar-refractivity contribution in [3.05, 3.63) is 72.4 Å². The smallest absolute Gasteiger partial charge is 0.224 e. The highest BCUT2D eigenvalue weighted by Gasteiger charge is 2.11. The number of nitrogens with one attached hydrogen (secondary N) is 2. The summed E-state index contributed by atoms with van der Waals surface area (Å²) in [6, 6.07) is 9.54. The molecule has 0 fully saturated rings. The van der Waals surface area contributed by atoms with Crippen LogP contribution in [0.3, 0.4) is 0 Å². The summed E-state index contributed by atoms with van der Waals surface area (Å²) in [7, 11) is 1.58. The van der Waals surface area contributed by atoms with Gasteiger partial charge in [-0.05, 0) is 29.3 Å². The van der Waals surface area contributed by atoms with E-state index in [1.165, 1.54) is 0 Å². The van der Waals surface area contributed by atoms with Crippen molar-refractivity contribution in [2.75, 3.05) is 7.11 Å². The Balaban J connectivity index is 1.51. The molecule has 0 aliphatic heterocycles. The lowest BCUT2D eigenvalue weighted by molar-refractivity contribution is -0.120. The van der Waals surface area contributed by atoms with Gasteiger partial charge in [0.1, 0.15) is 5.65 Å². The molecule has 7 heteroatoms. The highest BCUT2D eigenvalue weighted by Crippen LogP contribution is 2.25. The lowest BCUT2D eigenvalue weighted by Gasteiger charge is -2.06. The van der Waals surface area contributed by atoms with E-state index in [2.05, 4.69) is 25.3 Å². The van der Waals surface area contributed by atoms with Crippen LogP contribution in [-0.4, -0.2) is 33.0 Å². The minimum Gasteiger partial charge on any atom is -0.481 e. The Morgan fingerprint density at radius 1 is 1.14 bits per heavy atom. The Morgan fingerprint density at radius 2 is 2.04 bits per heavy atom. The number of amides is 1. The zero-order valence-electron chi connectivity index (χ0n) is 15.3. The van der Waals surface area contributed by atoms with E-state index in [9.17, 15) is 4.79 Å². The summed E-state index contributed by atoms with van der Waals surface area (Å²) in [6.45, 7) is 0.454. The Kier molecular flexibility index (Phi) is 4.97. The molecule has 0 saturated heterocycles. The van der Waals surface area contributed by atoms with Gasteiger partial charge in [0, 0.05) is 60.1 Å². The second-order valence-corrected chi connectivity index (χ2v) is 6.34. The van der Waals surface area contributed by atoms with Crippen molar-refractivity contribution >= 4 is 16.9 Å². The van der Waals surface area contributed by atoms with Crippen LogP contribution in [0.1, 0.15) is 11.1 Å². The van der Waals surface area contributed by atoms with Gasteiger partial charge in [0.15, 0.2) is 0 Å². The number of carbonyl (C=O) groups excluding carboxylic acids is 1. The number of ether oxygens (including phenoxy) is 1. The van der Waals surface area contributed by atoms with Gasteiger partial charge in [-0.15, -0.1) is 0 Å². The molecule has 0 unspecified atom stereocenters. The van der Waals surface area contributed by atoms with Crippen molar-refractivity contribution in [3.63, 3.8) is 0 Å². The van der Waals surface area contributed by atoms with Gasteiger partial charge in [-0.2, -0.15) is 0 Å². The Labute approximate surface area is 161 Å². The van der Waals surface area contributed by atoms with Crippen molar-refractivity contribution < 1.29 is 9.53 Å². The molecular weight excluding hydrogens is 354 g/mol. The van der Waals surface area contributed by atoms with Gasteiger partial charge >= 0.3 is 0 Å². The molecule has 0 saturated carbocycles. The normalized spacial score (nSPS) is 10.8. The van der Waals surface area contributed by atoms with Gasteiger partial charge in [-0.1, -0.05) is 6.07 Å². The first kappa shape index (κ1) is 17.7. The van der Waals surface area contributed by atoms with E-state index < -0.39 is 0 Å². The number of hydrogen-bond donors (Lipinski definition) is 2. The third-order valence-electron chi connectivity index (χ3n) is 4.46. The summed E-state index contributed by atoms with van der Waals surface area (Å²) in [5.74, 6) is 0.506. The molecule has 0 aliphatic carbocycles. The van der Waals surface area contributed by atoms with E-state index in [-0.39, 0.29) is 12.3 Å². The van der Waals surface area contributed by atoms with Crippen LogP contribution in [0.25, 0.3) is 22.2 Å². The maximum absolute atomic E-state index is 12.4. The molecule has 4 aromatic rings. The molecule has 1 amide bonds. The highest BCUT2D eigenvalue weighted by molar-refractivity contribution is 5.89. The fourth-order valence-electron chi connectivity index (χ4n) is 2.97. The quantitative estimate of drug-likeness (QED) is 0.542. The van der Waals surface area contributed by atoms with Crippen LogP contribution >= 0.6 is 0 Å². The Bertz CT molecular complexity index is 1090. The fourth-order valence-corrected chi connectivity index (χ4v) is 2.97. The van der Waals surface area contributed by atoms with Gasteiger partial charge in [-0.3, -0.25) is 9.78 Å². The predicted molar refractivity (Wildman–Crippen MR) is 106 cm³/mol. The number of hydrogen-bond acceptors (Lipinski definition) is 5. The molecule has 0 atom stereocenters. The van der Waals surface area contributed by atoms with Crippen LogP contribution in [0.2, 0.25) is 0 Å². The average Bonchev–Trinajstić information content (AvgIpc) is 3.15. The summed E-state index contributed by atoms with van der Waals surface area (Å²) in [6.07, 6.45) is 9.08. The molecule has 4 rings (SSSR count). The standard InChI is InChI=1S/C21H19N5O2/c1-28-20-5-4-15(11-24-20)16-7-18-17(13-26-21(18)25-12-16)8-19(27)23-10-14-3-2-6-22-9-14/h2-7,9,11-13H,8,10H2,1H3,(H,23,27)(H,25,26). The molecule has 0 radical (unpaired) electrons. The van der Waals surface area contributed by atoms with Crippen molar-refractivity contribution in [1.82, 2.24) is 25.3 Å². The van der Waals surface area contributed by atoms with Crippen LogP contribution in [0.5, 0.6) is 5.88 Å². The Hall–Kier alpha value is -3.74. The first-order valence-electron chi connectivity index (χ1n) is 8.85. The number of nitrogens with zero attached hydrogens (tertiary/aromatic N) is 3. The number of methoxy groups -OCH3 is 1. The van der Waals surface area contributed by atoms with Crippen molar-refractivity contribution in [1.29, 1.82) is 0 Å². The summed E-state index contributed by atoms with van der Waals surface area (Å²) < 4.78 is 5.10. The van der Waals surface area contributed by atoms with E-state index in [1.807, 2.05) is 36.5 Å². The predicted octanol–water partition coefficient (Wildman–Crippen LogP) is 2.89. The number of rotatable bonds is 6. The third kappa shape index (κ3) is 3.83. The van der Waals surface area contributed by atoms with Crippen LogP contribution in [0, 0.1) is 0 Å². The van der Waals surface area contributed by atoms with Crippen molar-refractivity contribution in [2.24, 2.45) is 0 Å². The van der Waals surface area contributed by atoms with Gasteiger partial charge in [0.05, 0.1) is 13.5 Å². The van der Waals surface area contributed by atoms with Crippen molar-refractivity contribution in [3.8, 4) is 17.0 Å². The van der Waals surface area contributed by atoms with E-state index in [4.69, 9.17) is 4.74 Å². The SMILES string of the molecule is COc1ccc(-c2cnc3[nH]cc(CC(=O)NCc4cccnc4)c3c2)cn1. The van der Waals surface area contributed by atoms with Crippen LogP contribution in [-0.2, 0) is 17.8 Å². The van der Waals surface area contributed by atoms with Gasteiger partial charge < -0.3 is 15.0 Å². The van der Waals surface area contributed by atoms with Crippen LogP contribution in [0.15, 0.2) is 61.3 Å². The summed E-state index contributed by atoms with van der Waals surface area (Å²) in [5.41, 5.74) is 4.48. The van der Waals surface area contributed by atoms with E-state index in [1.54, 1.807) is 31.9 Å². The zero-order chi connectivity index (χ0) is 19.3. The monoisotopic (exact) mass is 373 g/mol. The molecule has 7 nitrogen and oxygen atoms in total. The molecule has 4 aromatic heterocycles. The lowest BCUT2D eigenvalue weighted by atomic mass is 10.1. The summed E-state index contributed by atoms with van der Waals surface area (Å²) in [5, 5.41) is 3.84. The first-order valence-corrected chi connectivity index (χ1v) is 8.85.